The average Bonchev–Trinajstić information content (AvgIpc) is 2.42. The maximum Gasteiger partial charge on any atom is 0.140 e. The molecule has 0 bridgehead atoms. The van der Waals surface area contributed by atoms with Gasteiger partial charge in [0, 0.05) is 10.4 Å². The number of rotatable bonds is 1. The van der Waals surface area contributed by atoms with E-state index in [1.54, 1.807) is 24.3 Å². The Kier molecular flexibility index (Phi) is 4.06. The molecule has 5 nitrogen and oxygen atoms in total. The number of nitrogens with zero attached hydrogens (tertiary/aromatic N) is 4. The molecule has 0 N–H and O–H groups in total. The highest BCUT2D eigenvalue weighted by Crippen LogP contribution is 2.01. The molecule has 0 aliphatic rings. The molecule has 1 aromatic rings. The number of hydrogen-bond acceptors (Lipinski definition) is 5. The summed E-state index contributed by atoms with van der Waals surface area (Å²) in [6.07, 6.45) is 0. The summed E-state index contributed by atoms with van der Waals surface area (Å²) in [7, 11) is 1.38. The molecule has 84 valence electrons. The molecule has 0 heterocycles. The molecular weight excluding hydrogens is 228 g/mol. The molecule has 0 aromatic heterocycles. The zero-order valence-electron chi connectivity index (χ0n) is 9.43. The lowest BCUT2D eigenvalue weighted by molar-refractivity contribution is 0.411. The molecule has 0 saturated carbocycles. The predicted octanol–water partition coefficient (Wildman–Crippen LogP) is 0.0909. The van der Waals surface area contributed by atoms with Crippen LogP contribution in [0, 0.1) is 45.3 Å². The molecule has 0 amide bonds. The summed E-state index contributed by atoms with van der Waals surface area (Å²) in [5.41, 5.74) is -0.149. The average molecular weight is 234 g/mol. The molecule has 0 aliphatic carbocycles. The minimum Gasteiger partial charge on any atom is -0.496 e. The Hall–Kier alpha value is -3.28. The monoisotopic (exact) mass is 234 g/mol. The summed E-state index contributed by atoms with van der Waals surface area (Å²) in [6, 6.07) is 11.5. The summed E-state index contributed by atoms with van der Waals surface area (Å²) < 4.78 is 5.05. The molecule has 0 aliphatic heterocycles. The van der Waals surface area contributed by atoms with Crippen LogP contribution in [0.5, 0.6) is 5.75 Å². The Morgan fingerprint density at radius 2 is 1.50 bits per heavy atom. The first-order valence-electron chi connectivity index (χ1n) is 4.74. The van der Waals surface area contributed by atoms with Gasteiger partial charge in [-0.2, -0.15) is 21.0 Å². The Bertz CT molecular complexity index is 732. The SMILES string of the molecule is COc1cc(=C(C#N)C#N)ccc1=C(C#N)C#N. The molecule has 0 saturated heterocycles. The number of methoxy groups -OCH3 is 1. The van der Waals surface area contributed by atoms with Crippen LogP contribution in [0.15, 0.2) is 18.2 Å². The molecular formula is C13H6N4O. The molecule has 0 radical (unpaired) electrons. The first-order chi connectivity index (χ1) is 8.71. The van der Waals surface area contributed by atoms with Gasteiger partial charge in [-0.3, -0.25) is 0 Å². The number of ether oxygens (including phenoxy) is 1. The molecule has 1 aromatic carbocycles. The Labute approximate surface area is 103 Å². The van der Waals surface area contributed by atoms with Crippen LogP contribution in [0.2, 0.25) is 0 Å². The van der Waals surface area contributed by atoms with Crippen molar-refractivity contribution in [2.75, 3.05) is 7.11 Å². The van der Waals surface area contributed by atoms with E-state index in [4.69, 9.17) is 25.8 Å². The van der Waals surface area contributed by atoms with Crippen molar-refractivity contribution in [1.82, 2.24) is 0 Å². The molecule has 0 fully saturated rings. The third-order valence-electron chi connectivity index (χ3n) is 2.21. The third-order valence-corrected chi connectivity index (χ3v) is 2.21. The van der Waals surface area contributed by atoms with Crippen LogP contribution in [0.25, 0.3) is 11.1 Å². The smallest absolute Gasteiger partial charge is 0.140 e. The summed E-state index contributed by atoms with van der Waals surface area (Å²) >= 11 is 0. The number of nitriles is 4. The van der Waals surface area contributed by atoms with Gasteiger partial charge in [0.15, 0.2) is 0 Å². The van der Waals surface area contributed by atoms with Crippen LogP contribution in [-0.4, -0.2) is 7.11 Å². The van der Waals surface area contributed by atoms with Crippen molar-refractivity contribution in [3.63, 3.8) is 0 Å². The van der Waals surface area contributed by atoms with E-state index in [1.807, 2.05) is 0 Å². The van der Waals surface area contributed by atoms with Gasteiger partial charge in [0.1, 0.15) is 41.2 Å². The highest BCUT2D eigenvalue weighted by atomic mass is 16.5. The largest absolute Gasteiger partial charge is 0.496 e. The van der Waals surface area contributed by atoms with Crippen LogP contribution in [-0.2, 0) is 0 Å². The maximum atomic E-state index is 8.80. The van der Waals surface area contributed by atoms with E-state index in [0.717, 1.165) is 0 Å². The van der Waals surface area contributed by atoms with Gasteiger partial charge in [-0.25, -0.2) is 0 Å². The second-order valence-corrected chi connectivity index (χ2v) is 3.11. The van der Waals surface area contributed by atoms with E-state index in [2.05, 4.69) is 0 Å². The lowest BCUT2D eigenvalue weighted by atomic mass is 10.1. The maximum absolute atomic E-state index is 8.80. The van der Waals surface area contributed by atoms with Gasteiger partial charge in [-0.15, -0.1) is 0 Å². The minimum absolute atomic E-state index is 0.0599. The lowest BCUT2D eigenvalue weighted by Gasteiger charge is -2.00. The third kappa shape index (κ3) is 2.27. The van der Waals surface area contributed by atoms with Crippen LogP contribution in [0.1, 0.15) is 0 Å². The first-order valence-corrected chi connectivity index (χ1v) is 4.74. The lowest BCUT2D eigenvalue weighted by Crippen LogP contribution is -2.15. The quantitative estimate of drug-likeness (QED) is 0.684. The molecule has 18 heavy (non-hydrogen) atoms. The van der Waals surface area contributed by atoms with Crippen molar-refractivity contribution in [2.45, 2.75) is 0 Å². The van der Waals surface area contributed by atoms with Crippen LogP contribution >= 0.6 is 0 Å². The van der Waals surface area contributed by atoms with Gasteiger partial charge in [-0.1, -0.05) is 6.07 Å². The van der Waals surface area contributed by atoms with Crippen molar-refractivity contribution in [3.05, 3.63) is 28.6 Å². The van der Waals surface area contributed by atoms with Gasteiger partial charge in [0.05, 0.1) is 7.11 Å². The summed E-state index contributed by atoms with van der Waals surface area (Å²) in [6.45, 7) is 0. The zero-order chi connectivity index (χ0) is 13.5. The summed E-state index contributed by atoms with van der Waals surface area (Å²) in [5, 5.41) is 35.8. The van der Waals surface area contributed by atoms with E-state index >= 15 is 0 Å². The fourth-order valence-electron chi connectivity index (χ4n) is 1.35. The second-order valence-electron chi connectivity index (χ2n) is 3.11. The van der Waals surface area contributed by atoms with E-state index in [1.165, 1.54) is 25.3 Å². The van der Waals surface area contributed by atoms with E-state index in [0.29, 0.717) is 10.4 Å². The van der Waals surface area contributed by atoms with E-state index in [-0.39, 0.29) is 16.9 Å². The first kappa shape index (κ1) is 12.8. The van der Waals surface area contributed by atoms with Gasteiger partial charge < -0.3 is 4.74 Å². The van der Waals surface area contributed by atoms with Crippen molar-refractivity contribution in [3.8, 4) is 30.0 Å². The molecule has 1 rings (SSSR count). The summed E-state index contributed by atoms with van der Waals surface area (Å²) in [4.78, 5) is 0. The second kappa shape index (κ2) is 5.71. The highest BCUT2D eigenvalue weighted by molar-refractivity contribution is 5.75. The normalized spacial score (nSPS) is 8.06. The minimum atomic E-state index is -0.0890. The van der Waals surface area contributed by atoms with Gasteiger partial charge >= 0.3 is 0 Å². The van der Waals surface area contributed by atoms with Crippen LogP contribution in [0.3, 0.4) is 0 Å². The van der Waals surface area contributed by atoms with Crippen LogP contribution in [0.4, 0.5) is 0 Å². The topological polar surface area (TPSA) is 104 Å². The van der Waals surface area contributed by atoms with Gasteiger partial charge in [-0.05, 0) is 12.1 Å². The van der Waals surface area contributed by atoms with Gasteiger partial charge in [0.25, 0.3) is 0 Å². The number of benzene rings is 1. The predicted molar refractivity (Wildman–Crippen MR) is 61.5 cm³/mol. The van der Waals surface area contributed by atoms with Crippen molar-refractivity contribution < 1.29 is 4.74 Å². The Balaban J connectivity index is 3.83. The standard InChI is InChI=1S/C13H6N4O/c1-18-13-4-9(10(5-14)6-15)2-3-12(13)11(7-16)8-17/h2-4H,1H3. The molecule has 5 heteroatoms. The fraction of sp³-hybridized carbons (Fsp3) is 0.0769. The Morgan fingerprint density at radius 1 is 0.944 bits per heavy atom. The van der Waals surface area contributed by atoms with Crippen LogP contribution < -0.4 is 15.2 Å². The Morgan fingerprint density at radius 3 is 1.94 bits per heavy atom. The molecule has 0 spiro atoms. The van der Waals surface area contributed by atoms with Gasteiger partial charge in [0.2, 0.25) is 0 Å². The summed E-state index contributed by atoms with van der Waals surface area (Å²) in [5.74, 6) is 0.272. The van der Waals surface area contributed by atoms with Crippen molar-refractivity contribution >= 4 is 11.1 Å². The molecule has 0 unspecified atom stereocenters. The van der Waals surface area contributed by atoms with Crippen molar-refractivity contribution in [1.29, 1.82) is 21.0 Å². The zero-order valence-corrected chi connectivity index (χ0v) is 9.43. The number of hydrogen-bond donors (Lipinski definition) is 0. The molecule has 0 atom stereocenters. The van der Waals surface area contributed by atoms with Crippen molar-refractivity contribution in [2.24, 2.45) is 0 Å². The van der Waals surface area contributed by atoms with E-state index < -0.39 is 0 Å². The highest BCUT2D eigenvalue weighted by Gasteiger charge is 2.03. The van der Waals surface area contributed by atoms with E-state index in [9.17, 15) is 0 Å². The fourth-order valence-corrected chi connectivity index (χ4v) is 1.35.